The average Bonchev–Trinajstić information content (AvgIpc) is 2.98. The highest BCUT2D eigenvalue weighted by molar-refractivity contribution is 5.95. The number of nitrogens with one attached hydrogen (secondary N) is 1. The molecule has 2 fully saturated rings. The lowest BCUT2D eigenvalue weighted by Gasteiger charge is -2.53. The number of aromatic hydroxyl groups is 1. The third-order valence-corrected chi connectivity index (χ3v) is 8.08. The third kappa shape index (κ3) is 7.88. The quantitative estimate of drug-likeness (QED) is 0.312. The summed E-state index contributed by atoms with van der Waals surface area (Å²) in [7, 11) is 0. The highest BCUT2D eigenvalue weighted by Crippen LogP contribution is 2.32. The predicted octanol–water partition coefficient (Wildman–Crippen LogP) is 3.80. The first-order valence-corrected chi connectivity index (χ1v) is 15.4. The summed E-state index contributed by atoms with van der Waals surface area (Å²) in [6.07, 6.45) is -1.44. The van der Waals surface area contributed by atoms with Gasteiger partial charge in [-0.05, 0) is 54.4 Å². The van der Waals surface area contributed by atoms with Gasteiger partial charge in [-0.1, -0.05) is 70.2 Å². The number of hydrogen-bond donors (Lipinski definition) is 3. The van der Waals surface area contributed by atoms with Gasteiger partial charge in [0.25, 0.3) is 5.91 Å². The van der Waals surface area contributed by atoms with Crippen LogP contribution >= 0.6 is 0 Å². The monoisotopic (exact) mass is 608 g/mol. The molecule has 2 aromatic carbocycles. The first-order valence-electron chi connectivity index (χ1n) is 15.4. The number of phenols is 1. The number of benzene rings is 2. The highest BCUT2D eigenvalue weighted by Gasteiger charge is 2.54. The number of hydrogen-bond acceptors (Lipinski definition) is 6. The number of carboxylic acid groups (broad SMARTS) is 1. The largest absolute Gasteiger partial charge is 0.508 e. The molecule has 238 valence electrons. The number of nitrogens with zero attached hydrogens (tertiary/aromatic N) is 3. The van der Waals surface area contributed by atoms with Crippen molar-refractivity contribution in [1.82, 2.24) is 20.2 Å². The molecular weight excluding hydrogens is 564 g/mol. The Morgan fingerprint density at radius 2 is 1.59 bits per heavy atom. The summed E-state index contributed by atoms with van der Waals surface area (Å²) in [6.45, 7) is 8.39. The maximum absolute atomic E-state index is 14.4. The predicted molar refractivity (Wildman–Crippen MR) is 163 cm³/mol. The van der Waals surface area contributed by atoms with Gasteiger partial charge in [-0.3, -0.25) is 19.2 Å². The Labute approximate surface area is 258 Å². The molecule has 0 saturated carbocycles. The highest BCUT2D eigenvalue weighted by atomic mass is 16.7. The fraction of sp³-hybridized carbons (Fsp3) is 0.515. The summed E-state index contributed by atoms with van der Waals surface area (Å²) in [5.74, 6) is -0.637. The Hall–Kier alpha value is -4.12. The molecule has 11 nitrogen and oxygen atoms in total. The van der Waals surface area contributed by atoms with Gasteiger partial charge in [-0.25, -0.2) is 4.79 Å². The van der Waals surface area contributed by atoms with E-state index in [-0.39, 0.29) is 37.0 Å². The molecule has 4 unspecified atom stereocenters. The van der Waals surface area contributed by atoms with Crippen LogP contribution in [0.15, 0.2) is 54.6 Å². The van der Waals surface area contributed by atoms with Crippen LogP contribution in [0.2, 0.25) is 0 Å². The molecule has 3 N–H and O–H groups in total. The van der Waals surface area contributed by atoms with Crippen molar-refractivity contribution in [3.05, 3.63) is 65.7 Å². The van der Waals surface area contributed by atoms with E-state index in [1.54, 1.807) is 12.1 Å². The standard InChI is InChI=1S/C33H44N4O7/c1-21(2)9-8-16-34-30(39)26(17-22(3)4)35-20-29-36(27(31(35)40)18-24-12-14-25(38)15-13-24)32(41)28(44-37(29)33(42)43)19-23-10-6-5-7-11-23/h5-7,10-15,21-22,26-29,38H,8-9,16-20H2,1-4H3,(H,34,39)(H,42,43). The van der Waals surface area contributed by atoms with Crippen LogP contribution in [0.1, 0.15) is 58.1 Å². The lowest BCUT2D eigenvalue weighted by atomic mass is 9.94. The molecule has 2 heterocycles. The molecule has 4 atom stereocenters. The summed E-state index contributed by atoms with van der Waals surface area (Å²) in [6, 6.07) is 13.5. The smallest absolute Gasteiger partial charge is 0.433 e. The van der Waals surface area contributed by atoms with Crippen LogP contribution in [0, 0.1) is 11.8 Å². The van der Waals surface area contributed by atoms with Crippen LogP contribution in [0.4, 0.5) is 4.79 Å². The van der Waals surface area contributed by atoms with Gasteiger partial charge in [0.1, 0.15) is 17.8 Å². The Morgan fingerprint density at radius 1 is 0.932 bits per heavy atom. The molecule has 0 bridgehead atoms. The summed E-state index contributed by atoms with van der Waals surface area (Å²) < 4.78 is 0. The topological polar surface area (TPSA) is 140 Å². The Balaban J connectivity index is 1.70. The Kier molecular flexibility index (Phi) is 10.9. The zero-order chi connectivity index (χ0) is 32.0. The summed E-state index contributed by atoms with van der Waals surface area (Å²) in [5, 5.41) is 23.8. The van der Waals surface area contributed by atoms with Gasteiger partial charge in [0, 0.05) is 19.4 Å². The maximum Gasteiger partial charge on any atom is 0.433 e. The number of piperazine rings is 1. The van der Waals surface area contributed by atoms with Crippen molar-refractivity contribution in [2.24, 2.45) is 11.8 Å². The molecule has 2 aliphatic rings. The lowest BCUT2D eigenvalue weighted by molar-refractivity contribution is -0.265. The molecule has 44 heavy (non-hydrogen) atoms. The summed E-state index contributed by atoms with van der Waals surface area (Å²) >= 11 is 0. The summed E-state index contributed by atoms with van der Waals surface area (Å²) in [5.41, 5.74) is 1.45. The minimum absolute atomic E-state index is 0.0526. The molecule has 2 saturated heterocycles. The molecule has 4 amide bonds. The number of fused-ring (bicyclic) bond motifs is 1. The van der Waals surface area contributed by atoms with E-state index in [1.165, 1.54) is 21.9 Å². The van der Waals surface area contributed by atoms with Crippen molar-refractivity contribution in [2.75, 3.05) is 13.1 Å². The summed E-state index contributed by atoms with van der Waals surface area (Å²) in [4.78, 5) is 63.2. The van der Waals surface area contributed by atoms with Gasteiger partial charge < -0.3 is 25.3 Å². The van der Waals surface area contributed by atoms with Crippen molar-refractivity contribution in [3.8, 4) is 5.75 Å². The van der Waals surface area contributed by atoms with Crippen molar-refractivity contribution < 1.29 is 34.2 Å². The number of rotatable bonds is 12. The zero-order valence-corrected chi connectivity index (χ0v) is 25.9. The number of phenolic OH excluding ortho intramolecular Hbond substituents is 1. The number of carbonyl (C=O) groups excluding carboxylic acids is 3. The molecule has 4 rings (SSSR count). The van der Waals surface area contributed by atoms with Gasteiger partial charge in [0.15, 0.2) is 12.3 Å². The van der Waals surface area contributed by atoms with Crippen molar-refractivity contribution in [1.29, 1.82) is 0 Å². The van der Waals surface area contributed by atoms with Crippen LogP contribution in [-0.4, -0.2) is 86.3 Å². The number of hydroxylamine groups is 2. The van der Waals surface area contributed by atoms with Gasteiger partial charge in [0.2, 0.25) is 11.8 Å². The first kappa shape index (κ1) is 32.8. The molecule has 2 aromatic rings. The average molecular weight is 609 g/mol. The van der Waals surface area contributed by atoms with E-state index >= 15 is 0 Å². The second-order valence-corrected chi connectivity index (χ2v) is 12.5. The van der Waals surface area contributed by atoms with Crippen LogP contribution in [0.5, 0.6) is 5.75 Å². The molecule has 11 heteroatoms. The number of amides is 4. The van der Waals surface area contributed by atoms with E-state index in [0.29, 0.717) is 24.4 Å². The van der Waals surface area contributed by atoms with Gasteiger partial charge >= 0.3 is 6.09 Å². The molecule has 0 spiro atoms. The minimum Gasteiger partial charge on any atom is -0.508 e. The van der Waals surface area contributed by atoms with E-state index in [4.69, 9.17) is 4.84 Å². The molecule has 0 aromatic heterocycles. The Bertz CT molecular complexity index is 1300. The van der Waals surface area contributed by atoms with Crippen molar-refractivity contribution in [2.45, 2.75) is 84.2 Å². The van der Waals surface area contributed by atoms with E-state index in [0.717, 1.165) is 23.5 Å². The second-order valence-electron chi connectivity index (χ2n) is 12.5. The normalized spacial score (nSPS) is 21.0. The van der Waals surface area contributed by atoms with Gasteiger partial charge in [-0.15, -0.1) is 0 Å². The fourth-order valence-electron chi connectivity index (χ4n) is 5.89. The zero-order valence-electron chi connectivity index (χ0n) is 25.9. The molecule has 2 aliphatic heterocycles. The van der Waals surface area contributed by atoms with Gasteiger partial charge in [-0.2, -0.15) is 5.06 Å². The molecule has 0 aliphatic carbocycles. The minimum atomic E-state index is -1.40. The lowest BCUT2D eigenvalue weighted by Crippen LogP contribution is -2.75. The van der Waals surface area contributed by atoms with E-state index in [9.17, 15) is 29.4 Å². The van der Waals surface area contributed by atoms with Crippen molar-refractivity contribution in [3.63, 3.8) is 0 Å². The van der Waals surface area contributed by atoms with Crippen LogP contribution in [0.25, 0.3) is 0 Å². The van der Waals surface area contributed by atoms with E-state index in [2.05, 4.69) is 19.2 Å². The third-order valence-electron chi connectivity index (χ3n) is 8.08. The van der Waals surface area contributed by atoms with Crippen LogP contribution in [-0.2, 0) is 32.1 Å². The second kappa shape index (κ2) is 14.6. The molecule has 0 radical (unpaired) electrons. The first-order chi connectivity index (χ1) is 21.0. The Morgan fingerprint density at radius 3 is 2.20 bits per heavy atom. The SMILES string of the molecule is CC(C)CCCNC(=O)C(CC(C)C)N1CC2N(C(=O)O)OC(Cc3ccccc3)C(=O)N2C(Cc2ccc(O)cc2)C1=O. The van der Waals surface area contributed by atoms with E-state index < -0.39 is 42.3 Å². The van der Waals surface area contributed by atoms with Crippen LogP contribution < -0.4 is 5.32 Å². The van der Waals surface area contributed by atoms with Gasteiger partial charge in [0.05, 0.1) is 6.54 Å². The molecular formula is C33H44N4O7. The van der Waals surface area contributed by atoms with E-state index in [1.807, 2.05) is 44.2 Å². The maximum atomic E-state index is 14.4. The fourth-order valence-corrected chi connectivity index (χ4v) is 5.89. The van der Waals surface area contributed by atoms with Crippen LogP contribution in [0.3, 0.4) is 0 Å². The number of carbonyl (C=O) groups is 4. The van der Waals surface area contributed by atoms with Crippen molar-refractivity contribution >= 4 is 23.8 Å².